The predicted molar refractivity (Wildman–Crippen MR) is 58.6 cm³/mol. The Bertz CT molecular complexity index is 554. The Morgan fingerprint density at radius 2 is 2.06 bits per heavy atom. The second kappa shape index (κ2) is 4.06. The molecule has 2 rings (SSSR count). The van der Waals surface area contributed by atoms with Crippen LogP contribution in [0.5, 0.6) is 0 Å². The van der Waals surface area contributed by atoms with Crippen molar-refractivity contribution in [2.75, 3.05) is 5.01 Å². The highest BCUT2D eigenvalue weighted by molar-refractivity contribution is 6.18. The van der Waals surface area contributed by atoms with Crippen molar-refractivity contribution in [3.05, 3.63) is 29.8 Å². The Kier molecular flexibility index (Phi) is 2.58. The maximum Gasteiger partial charge on any atom is 0.335 e. The quantitative estimate of drug-likeness (QED) is 0.818. The van der Waals surface area contributed by atoms with Crippen LogP contribution in [0.2, 0.25) is 0 Å². The lowest BCUT2D eigenvalue weighted by atomic mass is 10.2. The second-order valence-corrected chi connectivity index (χ2v) is 3.39. The monoisotopic (exact) mass is 229 g/mol. The third kappa shape index (κ3) is 1.99. The number of amides is 1. The summed E-state index contributed by atoms with van der Waals surface area (Å²) in [6, 6.07) is 7.53. The van der Waals surface area contributed by atoms with E-state index in [9.17, 15) is 9.59 Å². The van der Waals surface area contributed by atoms with Crippen LogP contribution in [-0.2, 0) is 4.79 Å². The van der Waals surface area contributed by atoms with Gasteiger partial charge in [-0.3, -0.25) is 4.79 Å². The molecule has 1 aliphatic heterocycles. The molecular formula is C11H7N3O3. The molecule has 17 heavy (non-hydrogen) atoms. The summed E-state index contributed by atoms with van der Waals surface area (Å²) in [7, 11) is 0. The molecule has 0 aliphatic carbocycles. The summed E-state index contributed by atoms with van der Waals surface area (Å²) in [5.74, 6) is -1.34. The highest BCUT2D eigenvalue weighted by Gasteiger charge is 2.25. The molecule has 0 bridgehead atoms. The SMILES string of the molecule is N#CC1=NN(c2ccc(C(=O)O)cc2)C(=O)C1. The minimum atomic E-state index is -1.04. The lowest BCUT2D eigenvalue weighted by molar-refractivity contribution is -0.116. The van der Waals surface area contributed by atoms with Crippen molar-refractivity contribution < 1.29 is 14.7 Å². The summed E-state index contributed by atoms with van der Waals surface area (Å²) >= 11 is 0. The van der Waals surface area contributed by atoms with Gasteiger partial charge in [-0.1, -0.05) is 0 Å². The van der Waals surface area contributed by atoms with E-state index in [2.05, 4.69) is 5.10 Å². The van der Waals surface area contributed by atoms with Crippen molar-refractivity contribution >= 4 is 23.3 Å². The Hall–Kier alpha value is -2.68. The molecule has 1 aromatic rings. The van der Waals surface area contributed by atoms with Gasteiger partial charge < -0.3 is 5.11 Å². The minimum Gasteiger partial charge on any atom is -0.478 e. The van der Waals surface area contributed by atoms with Crippen molar-refractivity contribution in [2.45, 2.75) is 6.42 Å². The number of hydrazone groups is 1. The molecule has 1 heterocycles. The van der Waals surface area contributed by atoms with Gasteiger partial charge in [-0.25, -0.2) is 4.79 Å². The number of rotatable bonds is 2. The van der Waals surface area contributed by atoms with Crippen molar-refractivity contribution in [3.63, 3.8) is 0 Å². The zero-order chi connectivity index (χ0) is 12.4. The van der Waals surface area contributed by atoms with E-state index in [-0.39, 0.29) is 23.6 Å². The number of anilines is 1. The van der Waals surface area contributed by atoms with E-state index in [4.69, 9.17) is 10.4 Å². The molecule has 0 unspecified atom stereocenters. The summed E-state index contributed by atoms with van der Waals surface area (Å²) in [5.41, 5.74) is 0.729. The van der Waals surface area contributed by atoms with Crippen LogP contribution < -0.4 is 5.01 Å². The largest absolute Gasteiger partial charge is 0.478 e. The van der Waals surface area contributed by atoms with Crippen LogP contribution >= 0.6 is 0 Å². The summed E-state index contributed by atoms with van der Waals surface area (Å²) in [6.45, 7) is 0. The number of carbonyl (C=O) groups is 2. The lowest BCUT2D eigenvalue weighted by Gasteiger charge is -2.11. The van der Waals surface area contributed by atoms with Crippen LogP contribution in [0.4, 0.5) is 5.69 Å². The molecule has 0 atom stereocenters. The van der Waals surface area contributed by atoms with Gasteiger partial charge in [-0.2, -0.15) is 15.4 Å². The van der Waals surface area contributed by atoms with Crippen LogP contribution in [0, 0.1) is 11.3 Å². The summed E-state index contributed by atoms with van der Waals surface area (Å²) in [4.78, 5) is 22.2. The molecule has 1 N–H and O–H groups in total. The molecule has 0 radical (unpaired) electrons. The predicted octanol–water partition coefficient (Wildman–Crippen LogP) is 1.00. The third-order valence-corrected chi connectivity index (χ3v) is 2.26. The van der Waals surface area contributed by atoms with Gasteiger partial charge in [0.1, 0.15) is 11.8 Å². The van der Waals surface area contributed by atoms with Crippen molar-refractivity contribution in [2.24, 2.45) is 5.10 Å². The Labute approximate surface area is 96.4 Å². The highest BCUT2D eigenvalue weighted by Crippen LogP contribution is 2.20. The number of carbonyl (C=O) groups excluding carboxylic acids is 1. The maximum atomic E-state index is 11.5. The van der Waals surface area contributed by atoms with E-state index in [0.717, 1.165) is 5.01 Å². The fourth-order valence-electron chi connectivity index (χ4n) is 1.44. The summed E-state index contributed by atoms with van der Waals surface area (Å²) < 4.78 is 0. The number of aromatic carboxylic acids is 1. The molecule has 0 saturated heterocycles. The van der Waals surface area contributed by atoms with Crippen LogP contribution in [0.15, 0.2) is 29.4 Å². The molecule has 6 heteroatoms. The van der Waals surface area contributed by atoms with Crippen LogP contribution in [0.1, 0.15) is 16.8 Å². The van der Waals surface area contributed by atoms with Crippen LogP contribution in [-0.4, -0.2) is 22.7 Å². The van der Waals surface area contributed by atoms with Crippen LogP contribution in [0.3, 0.4) is 0 Å². The van der Waals surface area contributed by atoms with Crippen molar-refractivity contribution in [1.29, 1.82) is 5.26 Å². The standard InChI is InChI=1S/C11H7N3O3/c12-6-8-5-10(15)14(13-8)9-3-1-7(2-4-9)11(16)17/h1-4H,5H2,(H,16,17). The third-order valence-electron chi connectivity index (χ3n) is 2.26. The molecule has 0 fully saturated rings. The van der Waals surface area contributed by atoms with E-state index in [1.165, 1.54) is 24.3 Å². The van der Waals surface area contributed by atoms with Gasteiger partial charge >= 0.3 is 5.97 Å². The first-order valence-electron chi connectivity index (χ1n) is 4.75. The molecule has 84 valence electrons. The fourth-order valence-corrected chi connectivity index (χ4v) is 1.44. The van der Waals surface area contributed by atoms with E-state index < -0.39 is 5.97 Å². The summed E-state index contributed by atoms with van der Waals surface area (Å²) in [6.07, 6.45) is -0.0167. The number of nitriles is 1. The van der Waals surface area contributed by atoms with Gasteiger partial charge in [0.2, 0.25) is 0 Å². The first-order valence-corrected chi connectivity index (χ1v) is 4.75. The van der Waals surface area contributed by atoms with E-state index in [1.807, 2.05) is 6.07 Å². The van der Waals surface area contributed by atoms with Gasteiger partial charge in [0.05, 0.1) is 17.7 Å². The van der Waals surface area contributed by atoms with E-state index in [1.54, 1.807) is 0 Å². The topological polar surface area (TPSA) is 93.8 Å². The maximum absolute atomic E-state index is 11.5. The minimum absolute atomic E-state index is 0.0167. The Morgan fingerprint density at radius 3 is 2.53 bits per heavy atom. The number of nitrogens with zero attached hydrogens (tertiary/aromatic N) is 3. The average molecular weight is 229 g/mol. The zero-order valence-electron chi connectivity index (χ0n) is 8.62. The summed E-state index contributed by atoms with van der Waals surface area (Å²) in [5, 5.41) is 22.3. The van der Waals surface area contributed by atoms with Crippen molar-refractivity contribution in [1.82, 2.24) is 0 Å². The Morgan fingerprint density at radius 1 is 1.41 bits per heavy atom. The average Bonchev–Trinajstić information content (AvgIpc) is 2.71. The van der Waals surface area contributed by atoms with Gasteiger partial charge in [-0.05, 0) is 24.3 Å². The first kappa shape index (κ1) is 10.8. The molecule has 6 nitrogen and oxygen atoms in total. The first-order chi connectivity index (χ1) is 8.11. The molecule has 1 aliphatic rings. The van der Waals surface area contributed by atoms with Gasteiger partial charge in [-0.15, -0.1) is 0 Å². The van der Waals surface area contributed by atoms with Gasteiger partial charge in [0.25, 0.3) is 5.91 Å². The number of hydrogen-bond acceptors (Lipinski definition) is 4. The van der Waals surface area contributed by atoms with Crippen molar-refractivity contribution in [3.8, 4) is 6.07 Å². The van der Waals surface area contributed by atoms with E-state index >= 15 is 0 Å². The molecule has 0 aromatic heterocycles. The fraction of sp³-hybridized carbons (Fsp3) is 0.0909. The number of carboxylic acid groups (broad SMARTS) is 1. The van der Waals surface area contributed by atoms with Gasteiger partial charge in [0, 0.05) is 0 Å². The number of benzene rings is 1. The molecular weight excluding hydrogens is 222 g/mol. The number of carboxylic acids is 1. The Balaban J connectivity index is 2.30. The second-order valence-electron chi connectivity index (χ2n) is 3.39. The molecule has 0 saturated carbocycles. The lowest BCUT2D eigenvalue weighted by Crippen LogP contribution is -2.19. The van der Waals surface area contributed by atoms with Crippen LogP contribution in [0.25, 0.3) is 0 Å². The molecule has 1 amide bonds. The van der Waals surface area contributed by atoms with Gasteiger partial charge in [0.15, 0.2) is 0 Å². The molecule has 1 aromatic carbocycles. The molecule has 0 spiro atoms. The van der Waals surface area contributed by atoms with E-state index in [0.29, 0.717) is 5.69 Å². The highest BCUT2D eigenvalue weighted by atomic mass is 16.4. The zero-order valence-corrected chi connectivity index (χ0v) is 8.62. The number of hydrogen-bond donors (Lipinski definition) is 1. The normalized spacial score (nSPS) is 14.4. The smallest absolute Gasteiger partial charge is 0.335 e.